The predicted octanol–water partition coefficient (Wildman–Crippen LogP) is 3.88. The highest BCUT2D eigenvalue weighted by Crippen LogP contribution is 2.33. The van der Waals surface area contributed by atoms with Crippen LogP contribution in [0.15, 0.2) is 42.5 Å². The van der Waals surface area contributed by atoms with Crippen molar-refractivity contribution in [1.29, 1.82) is 0 Å². The SMILES string of the molecule is Cc1c(C(=O)N2c3ccccc3CCC2C)cccc1[N+](=O)[O-]. The van der Waals surface area contributed by atoms with Crippen LogP contribution in [-0.4, -0.2) is 16.9 Å². The van der Waals surface area contributed by atoms with Crippen molar-refractivity contribution in [3.63, 3.8) is 0 Å². The maximum atomic E-state index is 13.1. The molecule has 1 atom stereocenters. The standard InChI is InChI=1S/C18H18N2O3/c1-12-10-11-14-6-3-4-8-17(14)19(12)18(21)15-7-5-9-16(13(15)2)20(22)23/h3-9,12H,10-11H2,1-2H3. The van der Waals surface area contributed by atoms with Crippen molar-refractivity contribution >= 4 is 17.3 Å². The van der Waals surface area contributed by atoms with Crippen LogP contribution in [0.25, 0.3) is 0 Å². The van der Waals surface area contributed by atoms with Gasteiger partial charge < -0.3 is 4.90 Å². The summed E-state index contributed by atoms with van der Waals surface area (Å²) in [4.78, 5) is 25.5. The lowest BCUT2D eigenvalue weighted by Gasteiger charge is -2.35. The Morgan fingerprint density at radius 1 is 1.22 bits per heavy atom. The molecule has 0 N–H and O–H groups in total. The second kappa shape index (κ2) is 5.83. The quantitative estimate of drug-likeness (QED) is 0.624. The number of nitro groups is 1. The predicted molar refractivity (Wildman–Crippen MR) is 88.9 cm³/mol. The fourth-order valence-corrected chi connectivity index (χ4v) is 3.18. The minimum atomic E-state index is -0.445. The molecule has 1 unspecified atom stereocenters. The Hall–Kier alpha value is -2.69. The number of nitro benzene ring substituents is 1. The lowest BCUT2D eigenvalue weighted by Crippen LogP contribution is -2.42. The van der Waals surface area contributed by atoms with Crippen molar-refractivity contribution in [2.24, 2.45) is 0 Å². The van der Waals surface area contributed by atoms with Gasteiger partial charge in [-0.3, -0.25) is 14.9 Å². The molecule has 1 aliphatic rings. The molecule has 3 rings (SSSR count). The number of aryl methyl sites for hydroxylation is 1. The molecule has 1 aliphatic heterocycles. The molecule has 5 heteroatoms. The number of hydrogen-bond acceptors (Lipinski definition) is 3. The van der Waals surface area contributed by atoms with E-state index in [9.17, 15) is 14.9 Å². The zero-order valence-electron chi connectivity index (χ0n) is 13.2. The number of benzene rings is 2. The number of rotatable bonds is 2. The molecule has 0 spiro atoms. The molecule has 0 bridgehead atoms. The Balaban J connectivity index is 2.08. The van der Waals surface area contributed by atoms with Crippen molar-refractivity contribution in [1.82, 2.24) is 0 Å². The largest absolute Gasteiger partial charge is 0.305 e. The van der Waals surface area contributed by atoms with E-state index in [0.29, 0.717) is 11.1 Å². The molecule has 23 heavy (non-hydrogen) atoms. The van der Waals surface area contributed by atoms with Crippen molar-refractivity contribution in [3.05, 3.63) is 69.3 Å². The summed E-state index contributed by atoms with van der Waals surface area (Å²) in [5.41, 5.74) is 2.83. The summed E-state index contributed by atoms with van der Waals surface area (Å²) < 4.78 is 0. The first kappa shape index (κ1) is 15.2. The molecular formula is C18H18N2O3. The molecule has 1 heterocycles. The van der Waals surface area contributed by atoms with E-state index in [4.69, 9.17) is 0 Å². The van der Waals surface area contributed by atoms with E-state index in [1.54, 1.807) is 24.0 Å². The van der Waals surface area contributed by atoms with E-state index in [0.717, 1.165) is 24.1 Å². The molecule has 5 nitrogen and oxygen atoms in total. The van der Waals surface area contributed by atoms with Crippen LogP contribution < -0.4 is 4.90 Å². The average molecular weight is 310 g/mol. The van der Waals surface area contributed by atoms with Crippen LogP contribution in [0.3, 0.4) is 0 Å². The van der Waals surface area contributed by atoms with Crippen LogP contribution >= 0.6 is 0 Å². The van der Waals surface area contributed by atoms with Crippen molar-refractivity contribution in [2.45, 2.75) is 32.7 Å². The number of carbonyl (C=O) groups excluding carboxylic acids is 1. The summed E-state index contributed by atoms with van der Waals surface area (Å²) in [6.45, 7) is 3.65. The maximum Gasteiger partial charge on any atom is 0.273 e. The fraction of sp³-hybridized carbons (Fsp3) is 0.278. The van der Waals surface area contributed by atoms with Crippen molar-refractivity contribution in [3.8, 4) is 0 Å². The van der Waals surface area contributed by atoms with Crippen LogP contribution in [0.4, 0.5) is 11.4 Å². The van der Waals surface area contributed by atoms with Gasteiger partial charge in [-0.05, 0) is 44.4 Å². The molecule has 0 radical (unpaired) electrons. The monoisotopic (exact) mass is 310 g/mol. The first-order chi connectivity index (χ1) is 11.0. The van der Waals surface area contributed by atoms with Gasteiger partial charge in [-0.2, -0.15) is 0 Å². The van der Waals surface area contributed by atoms with Gasteiger partial charge in [0.25, 0.3) is 11.6 Å². The summed E-state index contributed by atoms with van der Waals surface area (Å²) in [6.07, 6.45) is 1.83. The summed E-state index contributed by atoms with van der Waals surface area (Å²) >= 11 is 0. The van der Waals surface area contributed by atoms with E-state index in [1.165, 1.54) is 6.07 Å². The molecule has 2 aromatic carbocycles. The third-order valence-electron chi connectivity index (χ3n) is 4.47. The van der Waals surface area contributed by atoms with Gasteiger partial charge in [0, 0.05) is 28.9 Å². The topological polar surface area (TPSA) is 63.5 Å². The highest BCUT2D eigenvalue weighted by molar-refractivity contribution is 6.08. The van der Waals surface area contributed by atoms with Crippen LogP contribution in [0, 0.1) is 17.0 Å². The molecule has 0 saturated heterocycles. The van der Waals surface area contributed by atoms with Gasteiger partial charge in [0.05, 0.1) is 4.92 Å². The number of hydrogen-bond donors (Lipinski definition) is 0. The van der Waals surface area contributed by atoms with Gasteiger partial charge in [-0.15, -0.1) is 0 Å². The maximum absolute atomic E-state index is 13.1. The Labute approximate surface area is 134 Å². The van der Waals surface area contributed by atoms with Crippen molar-refractivity contribution < 1.29 is 9.72 Å². The fourth-order valence-electron chi connectivity index (χ4n) is 3.18. The summed E-state index contributed by atoms with van der Waals surface area (Å²) in [6, 6.07) is 12.6. The molecule has 0 aliphatic carbocycles. The van der Waals surface area contributed by atoms with E-state index in [1.807, 2.05) is 31.2 Å². The smallest absolute Gasteiger partial charge is 0.273 e. The van der Waals surface area contributed by atoms with Gasteiger partial charge in [0.15, 0.2) is 0 Å². The highest BCUT2D eigenvalue weighted by Gasteiger charge is 2.30. The molecular weight excluding hydrogens is 292 g/mol. The summed E-state index contributed by atoms with van der Waals surface area (Å²) in [5.74, 6) is -0.175. The minimum Gasteiger partial charge on any atom is -0.305 e. The molecule has 0 fully saturated rings. The highest BCUT2D eigenvalue weighted by atomic mass is 16.6. The molecule has 0 aromatic heterocycles. The zero-order valence-corrected chi connectivity index (χ0v) is 13.2. The number of fused-ring (bicyclic) bond motifs is 1. The summed E-state index contributed by atoms with van der Waals surface area (Å²) in [5, 5.41) is 11.1. The third-order valence-corrected chi connectivity index (χ3v) is 4.47. The van der Waals surface area contributed by atoms with E-state index >= 15 is 0 Å². The minimum absolute atomic E-state index is 0.0196. The lowest BCUT2D eigenvalue weighted by atomic mass is 9.95. The number of amides is 1. The molecule has 118 valence electrons. The first-order valence-corrected chi connectivity index (χ1v) is 7.66. The molecule has 0 saturated carbocycles. The van der Waals surface area contributed by atoms with Crippen LogP contribution in [0.2, 0.25) is 0 Å². The van der Waals surface area contributed by atoms with E-state index < -0.39 is 4.92 Å². The Morgan fingerprint density at radius 3 is 2.70 bits per heavy atom. The normalized spacial score (nSPS) is 16.8. The molecule has 2 aromatic rings. The van der Waals surface area contributed by atoms with E-state index in [-0.39, 0.29) is 17.6 Å². The number of carbonyl (C=O) groups is 1. The van der Waals surface area contributed by atoms with Crippen LogP contribution in [-0.2, 0) is 6.42 Å². The van der Waals surface area contributed by atoms with Gasteiger partial charge in [-0.25, -0.2) is 0 Å². The molecule has 1 amide bonds. The second-order valence-corrected chi connectivity index (χ2v) is 5.90. The van der Waals surface area contributed by atoms with Crippen LogP contribution in [0.1, 0.15) is 34.8 Å². The average Bonchev–Trinajstić information content (AvgIpc) is 2.54. The third kappa shape index (κ3) is 2.59. The Kier molecular flexibility index (Phi) is 3.86. The number of nitrogens with zero attached hydrogens (tertiary/aromatic N) is 2. The zero-order chi connectivity index (χ0) is 16.6. The van der Waals surface area contributed by atoms with Crippen LogP contribution in [0.5, 0.6) is 0 Å². The number of anilines is 1. The van der Waals surface area contributed by atoms with Crippen molar-refractivity contribution in [2.75, 3.05) is 4.90 Å². The second-order valence-electron chi connectivity index (χ2n) is 5.90. The Morgan fingerprint density at radius 2 is 1.96 bits per heavy atom. The summed E-state index contributed by atoms with van der Waals surface area (Å²) in [7, 11) is 0. The first-order valence-electron chi connectivity index (χ1n) is 7.66. The van der Waals surface area contributed by atoms with E-state index in [2.05, 4.69) is 0 Å². The lowest BCUT2D eigenvalue weighted by molar-refractivity contribution is -0.385. The Bertz CT molecular complexity index is 786. The van der Waals surface area contributed by atoms with Gasteiger partial charge in [0.2, 0.25) is 0 Å². The van der Waals surface area contributed by atoms with Gasteiger partial charge >= 0.3 is 0 Å². The number of para-hydroxylation sites is 1. The van der Waals surface area contributed by atoms with Gasteiger partial charge in [-0.1, -0.05) is 24.3 Å². The van der Waals surface area contributed by atoms with Gasteiger partial charge in [0.1, 0.15) is 0 Å².